The summed E-state index contributed by atoms with van der Waals surface area (Å²) in [5, 5.41) is 9.04. The highest BCUT2D eigenvalue weighted by molar-refractivity contribution is 8.01. The van der Waals surface area contributed by atoms with Gasteiger partial charge in [-0.1, -0.05) is 27.7 Å². The summed E-state index contributed by atoms with van der Waals surface area (Å²) in [7, 11) is 0. The van der Waals surface area contributed by atoms with Crippen molar-refractivity contribution in [1.29, 1.82) is 0 Å². The average molecular weight is 273 g/mol. The van der Waals surface area contributed by atoms with Crippen molar-refractivity contribution in [1.82, 2.24) is 4.90 Å². The number of carboxylic acids is 1. The number of hydrogen-bond acceptors (Lipinski definition) is 3. The molecule has 5 heteroatoms. The molecule has 2 atom stereocenters. The maximum absolute atomic E-state index is 12.0. The van der Waals surface area contributed by atoms with Crippen molar-refractivity contribution in [3.8, 4) is 0 Å². The van der Waals surface area contributed by atoms with Crippen LogP contribution in [-0.4, -0.2) is 45.5 Å². The van der Waals surface area contributed by atoms with Gasteiger partial charge in [0.25, 0.3) is 0 Å². The number of carbonyl (C=O) groups is 2. The Bertz CT molecular complexity index is 325. The molecular weight excluding hydrogens is 250 g/mol. The number of carbonyl (C=O) groups excluding carboxylic acids is 1. The maximum atomic E-state index is 12.0. The van der Waals surface area contributed by atoms with Crippen LogP contribution in [0.5, 0.6) is 0 Å². The Morgan fingerprint density at radius 2 is 2.00 bits per heavy atom. The maximum Gasteiger partial charge on any atom is 0.306 e. The van der Waals surface area contributed by atoms with E-state index in [0.29, 0.717) is 25.3 Å². The van der Waals surface area contributed by atoms with E-state index < -0.39 is 5.97 Å². The van der Waals surface area contributed by atoms with Gasteiger partial charge in [0.05, 0.1) is 11.7 Å². The second kappa shape index (κ2) is 5.95. The van der Waals surface area contributed by atoms with Crippen LogP contribution in [-0.2, 0) is 9.59 Å². The van der Waals surface area contributed by atoms with Gasteiger partial charge in [0.1, 0.15) is 0 Å². The minimum Gasteiger partial charge on any atom is -0.481 e. The van der Waals surface area contributed by atoms with Gasteiger partial charge in [0, 0.05) is 17.8 Å². The first-order valence-electron chi connectivity index (χ1n) is 6.35. The van der Waals surface area contributed by atoms with Gasteiger partial charge >= 0.3 is 5.97 Å². The molecule has 1 fully saturated rings. The first kappa shape index (κ1) is 15.3. The van der Waals surface area contributed by atoms with E-state index >= 15 is 0 Å². The summed E-state index contributed by atoms with van der Waals surface area (Å²) in [6.07, 6.45) is 0.572. The van der Waals surface area contributed by atoms with Gasteiger partial charge < -0.3 is 10.0 Å². The molecule has 1 amide bonds. The Morgan fingerprint density at radius 1 is 1.39 bits per heavy atom. The number of rotatable bonds is 3. The Kier molecular flexibility index (Phi) is 5.08. The zero-order chi connectivity index (χ0) is 13.9. The number of aliphatic carboxylic acids is 1. The zero-order valence-electron chi connectivity index (χ0n) is 11.6. The lowest BCUT2D eigenvalue weighted by atomic mass is 9.87. The standard InChI is InChI=1S/C13H23NO3S/c1-9-7-14(6-5-10(9)12(16)17)11(15)8-18-13(2,3)4/h9-10H,5-8H2,1-4H3,(H,16,17). The molecule has 0 aromatic rings. The van der Waals surface area contributed by atoms with Crippen molar-refractivity contribution in [2.45, 2.75) is 38.9 Å². The molecule has 0 spiro atoms. The predicted octanol–water partition coefficient (Wildman–Crippen LogP) is 2.09. The average Bonchev–Trinajstić information content (AvgIpc) is 2.24. The molecule has 1 rings (SSSR count). The van der Waals surface area contributed by atoms with Gasteiger partial charge in [-0.3, -0.25) is 9.59 Å². The van der Waals surface area contributed by atoms with Gasteiger partial charge in [-0.15, -0.1) is 11.8 Å². The fraction of sp³-hybridized carbons (Fsp3) is 0.846. The lowest BCUT2D eigenvalue weighted by Gasteiger charge is -2.35. The number of piperidine rings is 1. The summed E-state index contributed by atoms with van der Waals surface area (Å²) in [5.74, 6) is -0.387. The third-order valence-electron chi connectivity index (χ3n) is 3.20. The number of thioether (sulfide) groups is 1. The number of nitrogens with zero attached hydrogens (tertiary/aromatic N) is 1. The number of likely N-dealkylation sites (tertiary alicyclic amines) is 1. The van der Waals surface area contributed by atoms with Crippen molar-refractivity contribution in [3.05, 3.63) is 0 Å². The van der Waals surface area contributed by atoms with Crippen molar-refractivity contribution in [3.63, 3.8) is 0 Å². The van der Waals surface area contributed by atoms with Crippen LogP contribution >= 0.6 is 11.8 Å². The highest BCUT2D eigenvalue weighted by atomic mass is 32.2. The molecule has 104 valence electrons. The summed E-state index contributed by atoms with van der Waals surface area (Å²) in [6.45, 7) is 9.32. The second-order valence-electron chi connectivity index (χ2n) is 5.95. The molecular formula is C13H23NO3S. The van der Waals surface area contributed by atoms with Crippen LogP contribution < -0.4 is 0 Å². The highest BCUT2D eigenvalue weighted by Crippen LogP contribution is 2.26. The van der Waals surface area contributed by atoms with E-state index in [9.17, 15) is 9.59 Å². The van der Waals surface area contributed by atoms with E-state index in [2.05, 4.69) is 20.8 Å². The highest BCUT2D eigenvalue weighted by Gasteiger charge is 2.33. The fourth-order valence-electron chi connectivity index (χ4n) is 2.11. The van der Waals surface area contributed by atoms with Crippen LogP contribution in [0.15, 0.2) is 0 Å². The summed E-state index contributed by atoms with van der Waals surface area (Å²) in [5.41, 5.74) is 0. The monoisotopic (exact) mass is 273 g/mol. The minimum atomic E-state index is -0.737. The Hall–Kier alpha value is -0.710. The molecule has 1 aliphatic rings. The summed E-state index contributed by atoms with van der Waals surface area (Å²) >= 11 is 1.64. The zero-order valence-corrected chi connectivity index (χ0v) is 12.4. The molecule has 1 saturated heterocycles. The third kappa shape index (κ3) is 4.52. The van der Waals surface area contributed by atoms with Crippen LogP contribution in [0, 0.1) is 11.8 Å². The van der Waals surface area contributed by atoms with Crippen LogP contribution in [0.3, 0.4) is 0 Å². The smallest absolute Gasteiger partial charge is 0.306 e. The van der Waals surface area contributed by atoms with E-state index in [1.165, 1.54) is 0 Å². The van der Waals surface area contributed by atoms with Gasteiger partial charge in [-0.25, -0.2) is 0 Å². The van der Waals surface area contributed by atoms with E-state index in [0.717, 1.165) is 0 Å². The summed E-state index contributed by atoms with van der Waals surface area (Å²) < 4.78 is 0.0840. The Balaban J connectivity index is 2.46. The van der Waals surface area contributed by atoms with Crippen LogP contribution in [0.2, 0.25) is 0 Å². The molecule has 1 N–H and O–H groups in total. The first-order chi connectivity index (χ1) is 8.20. The quantitative estimate of drug-likeness (QED) is 0.855. The van der Waals surface area contributed by atoms with E-state index in [4.69, 9.17) is 5.11 Å². The molecule has 2 unspecified atom stereocenters. The largest absolute Gasteiger partial charge is 0.481 e. The van der Waals surface area contributed by atoms with Crippen molar-refractivity contribution in [2.24, 2.45) is 11.8 Å². The molecule has 1 heterocycles. The first-order valence-corrected chi connectivity index (χ1v) is 7.34. The predicted molar refractivity (Wildman–Crippen MR) is 73.7 cm³/mol. The number of carboxylic acid groups (broad SMARTS) is 1. The summed E-state index contributed by atoms with van der Waals surface area (Å²) in [6, 6.07) is 0. The van der Waals surface area contributed by atoms with Crippen LogP contribution in [0.25, 0.3) is 0 Å². The second-order valence-corrected chi connectivity index (χ2v) is 7.75. The van der Waals surface area contributed by atoms with Crippen LogP contribution in [0.4, 0.5) is 0 Å². The van der Waals surface area contributed by atoms with Gasteiger partial charge in [0.2, 0.25) is 5.91 Å². The fourth-order valence-corrected chi connectivity index (χ4v) is 2.85. The molecule has 0 aromatic carbocycles. The van der Waals surface area contributed by atoms with Crippen molar-refractivity contribution < 1.29 is 14.7 Å². The van der Waals surface area contributed by atoms with Gasteiger partial charge in [0.15, 0.2) is 0 Å². The SMILES string of the molecule is CC1CN(C(=O)CSC(C)(C)C)CCC1C(=O)O. The van der Waals surface area contributed by atoms with Gasteiger partial charge in [-0.05, 0) is 12.3 Å². The number of hydrogen-bond donors (Lipinski definition) is 1. The lowest BCUT2D eigenvalue weighted by Crippen LogP contribution is -2.45. The van der Waals surface area contributed by atoms with E-state index in [1.54, 1.807) is 11.8 Å². The van der Waals surface area contributed by atoms with Crippen LogP contribution in [0.1, 0.15) is 34.1 Å². The molecule has 0 aromatic heterocycles. The van der Waals surface area contributed by atoms with E-state index in [1.807, 2.05) is 11.8 Å². The van der Waals surface area contributed by atoms with Gasteiger partial charge in [-0.2, -0.15) is 0 Å². The molecule has 1 aliphatic heterocycles. The lowest BCUT2D eigenvalue weighted by molar-refractivity contribution is -0.147. The molecule has 0 aliphatic carbocycles. The van der Waals surface area contributed by atoms with Crippen molar-refractivity contribution >= 4 is 23.6 Å². The Labute approximate surface area is 113 Å². The molecule has 4 nitrogen and oxygen atoms in total. The Morgan fingerprint density at radius 3 is 2.44 bits per heavy atom. The molecule has 0 radical (unpaired) electrons. The molecule has 0 saturated carbocycles. The summed E-state index contributed by atoms with van der Waals surface area (Å²) in [4.78, 5) is 24.8. The third-order valence-corrected chi connectivity index (χ3v) is 4.46. The van der Waals surface area contributed by atoms with Crippen molar-refractivity contribution in [2.75, 3.05) is 18.8 Å². The molecule has 0 bridgehead atoms. The normalized spacial score (nSPS) is 25.0. The van der Waals surface area contributed by atoms with E-state index in [-0.39, 0.29) is 22.5 Å². The number of amides is 1. The minimum absolute atomic E-state index is 0.0415. The topological polar surface area (TPSA) is 57.6 Å². The molecule has 18 heavy (non-hydrogen) atoms.